The molecule has 18 heavy (non-hydrogen) atoms. The molecule has 0 atom stereocenters. The Balaban J connectivity index is 2.37. The van der Waals surface area contributed by atoms with Gasteiger partial charge in [0.2, 0.25) is 5.91 Å². The van der Waals surface area contributed by atoms with Gasteiger partial charge in [0.1, 0.15) is 5.78 Å². The van der Waals surface area contributed by atoms with Crippen LogP contribution in [0.4, 0.5) is 4.79 Å². The van der Waals surface area contributed by atoms with Gasteiger partial charge < -0.3 is 19.5 Å². The van der Waals surface area contributed by atoms with Crippen molar-refractivity contribution in [3.05, 3.63) is 0 Å². The first-order valence-corrected chi connectivity index (χ1v) is 6.15. The predicted octanol–water partition coefficient (Wildman–Crippen LogP) is 0.181. The molecule has 0 aromatic heterocycles. The number of ketones is 1. The second-order valence-electron chi connectivity index (χ2n) is 4.75. The summed E-state index contributed by atoms with van der Waals surface area (Å²) in [5.41, 5.74) is 0. The minimum absolute atomic E-state index is 0.00199. The number of carbonyl (C=O) groups is 3. The molecule has 0 aromatic carbocycles. The van der Waals surface area contributed by atoms with Crippen molar-refractivity contribution in [3.63, 3.8) is 0 Å². The fourth-order valence-corrected chi connectivity index (χ4v) is 1.87. The van der Waals surface area contributed by atoms with Gasteiger partial charge in [0, 0.05) is 53.1 Å². The van der Waals surface area contributed by atoms with Gasteiger partial charge in [-0.15, -0.1) is 0 Å². The first-order valence-electron chi connectivity index (χ1n) is 6.15. The maximum atomic E-state index is 11.8. The zero-order chi connectivity index (χ0) is 13.7. The first kappa shape index (κ1) is 14.5. The maximum absolute atomic E-state index is 11.8. The number of urea groups is 1. The lowest BCUT2D eigenvalue weighted by Gasteiger charge is -2.36. The smallest absolute Gasteiger partial charge is 0.319 e. The number of nitrogens with zero attached hydrogens (tertiary/aromatic N) is 3. The van der Waals surface area contributed by atoms with Gasteiger partial charge in [-0.05, 0) is 6.92 Å². The van der Waals surface area contributed by atoms with Crippen molar-refractivity contribution in [1.29, 1.82) is 0 Å². The van der Waals surface area contributed by atoms with Gasteiger partial charge in [-0.25, -0.2) is 4.79 Å². The van der Waals surface area contributed by atoms with Gasteiger partial charge >= 0.3 is 6.03 Å². The fraction of sp³-hybridized carbons (Fsp3) is 0.750. The Bertz CT molecular complexity index is 333. The Morgan fingerprint density at radius 2 is 1.44 bits per heavy atom. The van der Waals surface area contributed by atoms with Gasteiger partial charge in [-0.1, -0.05) is 0 Å². The quantitative estimate of drug-likeness (QED) is 0.723. The average molecular weight is 255 g/mol. The Morgan fingerprint density at radius 1 is 0.944 bits per heavy atom. The molecule has 1 aliphatic heterocycles. The zero-order valence-corrected chi connectivity index (χ0v) is 11.3. The topological polar surface area (TPSA) is 60.9 Å². The minimum Gasteiger partial charge on any atom is -0.339 e. The molecule has 3 amide bonds. The average Bonchev–Trinajstić information content (AvgIpc) is 2.35. The van der Waals surface area contributed by atoms with Crippen LogP contribution in [0.25, 0.3) is 0 Å². The van der Waals surface area contributed by atoms with Crippen molar-refractivity contribution in [2.75, 3.05) is 40.3 Å². The third kappa shape index (κ3) is 4.01. The van der Waals surface area contributed by atoms with Crippen molar-refractivity contribution in [1.82, 2.24) is 14.7 Å². The maximum Gasteiger partial charge on any atom is 0.319 e. The second-order valence-corrected chi connectivity index (χ2v) is 4.75. The van der Waals surface area contributed by atoms with Crippen molar-refractivity contribution < 1.29 is 14.4 Å². The van der Waals surface area contributed by atoms with Crippen LogP contribution in [0.15, 0.2) is 0 Å². The molecule has 1 saturated heterocycles. The van der Waals surface area contributed by atoms with E-state index in [4.69, 9.17) is 0 Å². The minimum atomic E-state index is -0.0224. The molecule has 0 bridgehead atoms. The van der Waals surface area contributed by atoms with Crippen molar-refractivity contribution >= 4 is 17.7 Å². The number of rotatable bonds is 3. The SMILES string of the molecule is CC(=O)CCC(=O)N1CCN(C(=O)N(C)C)CC1. The lowest BCUT2D eigenvalue weighted by atomic mass is 10.2. The third-order valence-corrected chi connectivity index (χ3v) is 2.98. The highest BCUT2D eigenvalue weighted by molar-refractivity contribution is 5.83. The predicted molar refractivity (Wildman–Crippen MR) is 67.2 cm³/mol. The van der Waals surface area contributed by atoms with E-state index >= 15 is 0 Å². The molecule has 6 heteroatoms. The van der Waals surface area contributed by atoms with Crippen molar-refractivity contribution in [2.24, 2.45) is 0 Å². The molecular weight excluding hydrogens is 234 g/mol. The van der Waals surface area contributed by atoms with Gasteiger partial charge in [0.15, 0.2) is 0 Å². The van der Waals surface area contributed by atoms with Crippen LogP contribution in [-0.4, -0.2) is 72.7 Å². The summed E-state index contributed by atoms with van der Waals surface area (Å²) in [7, 11) is 3.43. The Morgan fingerprint density at radius 3 is 1.89 bits per heavy atom. The summed E-state index contributed by atoms with van der Waals surface area (Å²) in [5.74, 6) is 0.0342. The number of Topliss-reactive ketones (excluding diaryl/α,β-unsaturated/α-hetero) is 1. The van der Waals surface area contributed by atoms with E-state index in [-0.39, 0.29) is 24.1 Å². The van der Waals surface area contributed by atoms with Crippen LogP contribution in [0.2, 0.25) is 0 Å². The van der Waals surface area contributed by atoms with E-state index in [1.165, 1.54) is 11.8 Å². The normalized spacial score (nSPS) is 15.5. The van der Waals surface area contributed by atoms with Crippen LogP contribution in [-0.2, 0) is 9.59 Å². The Kier molecular flexibility index (Phi) is 5.12. The lowest BCUT2D eigenvalue weighted by molar-refractivity contribution is -0.134. The van der Waals surface area contributed by atoms with E-state index < -0.39 is 0 Å². The molecule has 102 valence electrons. The summed E-state index contributed by atoms with van der Waals surface area (Å²) in [6.07, 6.45) is 0.576. The Labute approximate surface area is 108 Å². The van der Waals surface area contributed by atoms with Crippen LogP contribution in [0.5, 0.6) is 0 Å². The molecule has 1 heterocycles. The van der Waals surface area contributed by atoms with Crippen molar-refractivity contribution in [2.45, 2.75) is 19.8 Å². The zero-order valence-electron chi connectivity index (χ0n) is 11.3. The second kappa shape index (κ2) is 6.37. The number of hydrogen-bond acceptors (Lipinski definition) is 3. The molecule has 6 nitrogen and oxygen atoms in total. The fourth-order valence-electron chi connectivity index (χ4n) is 1.87. The highest BCUT2D eigenvalue weighted by Crippen LogP contribution is 2.07. The highest BCUT2D eigenvalue weighted by Gasteiger charge is 2.24. The van der Waals surface area contributed by atoms with E-state index in [0.29, 0.717) is 32.6 Å². The largest absolute Gasteiger partial charge is 0.339 e. The van der Waals surface area contributed by atoms with E-state index in [2.05, 4.69) is 0 Å². The first-order chi connectivity index (χ1) is 8.41. The molecule has 1 fully saturated rings. The van der Waals surface area contributed by atoms with Gasteiger partial charge in [-0.2, -0.15) is 0 Å². The molecule has 1 rings (SSSR count). The molecular formula is C12H21N3O3. The standard InChI is InChI=1S/C12H21N3O3/c1-10(16)4-5-11(17)14-6-8-15(9-7-14)12(18)13(2)3/h4-9H2,1-3H3. The molecule has 0 saturated carbocycles. The van der Waals surface area contributed by atoms with E-state index in [1.807, 2.05) is 0 Å². The van der Waals surface area contributed by atoms with Gasteiger partial charge in [-0.3, -0.25) is 4.79 Å². The van der Waals surface area contributed by atoms with Crippen LogP contribution in [0, 0.1) is 0 Å². The molecule has 0 aliphatic carbocycles. The van der Waals surface area contributed by atoms with Gasteiger partial charge in [0.05, 0.1) is 0 Å². The summed E-state index contributed by atoms with van der Waals surface area (Å²) >= 11 is 0. The summed E-state index contributed by atoms with van der Waals surface area (Å²) in [6, 6.07) is -0.0224. The van der Waals surface area contributed by atoms with Crippen LogP contribution in [0.1, 0.15) is 19.8 Å². The molecule has 1 aliphatic rings. The van der Waals surface area contributed by atoms with E-state index in [0.717, 1.165) is 0 Å². The lowest BCUT2D eigenvalue weighted by Crippen LogP contribution is -2.52. The van der Waals surface area contributed by atoms with Crippen molar-refractivity contribution in [3.8, 4) is 0 Å². The summed E-state index contributed by atoms with van der Waals surface area (Å²) < 4.78 is 0. The number of carbonyl (C=O) groups excluding carboxylic acids is 3. The van der Waals surface area contributed by atoms with E-state index in [1.54, 1.807) is 23.9 Å². The van der Waals surface area contributed by atoms with Crippen LogP contribution < -0.4 is 0 Å². The number of hydrogen-bond donors (Lipinski definition) is 0. The molecule has 0 N–H and O–H groups in total. The van der Waals surface area contributed by atoms with E-state index in [9.17, 15) is 14.4 Å². The molecule has 0 aromatic rings. The number of piperazine rings is 1. The van der Waals surface area contributed by atoms with Crippen LogP contribution in [0.3, 0.4) is 0 Å². The summed E-state index contributed by atoms with van der Waals surface area (Å²) in [4.78, 5) is 39.3. The molecule has 0 radical (unpaired) electrons. The highest BCUT2D eigenvalue weighted by atomic mass is 16.2. The Hall–Kier alpha value is -1.59. The molecule has 0 spiro atoms. The van der Waals surface area contributed by atoms with Crippen LogP contribution >= 0.6 is 0 Å². The monoisotopic (exact) mass is 255 g/mol. The number of amides is 3. The third-order valence-electron chi connectivity index (χ3n) is 2.98. The molecule has 0 unspecified atom stereocenters. The summed E-state index contributed by atoms with van der Waals surface area (Å²) in [6.45, 7) is 3.71. The summed E-state index contributed by atoms with van der Waals surface area (Å²) in [5, 5.41) is 0. The van der Waals surface area contributed by atoms with Gasteiger partial charge in [0.25, 0.3) is 0 Å².